The smallest absolute Gasteiger partial charge is 0.278 e. The number of nitrogens with zero attached hydrogens (tertiary/aromatic N) is 3. The summed E-state index contributed by atoms with van der Waals surface area (Å²) in [5.74, 6) is -0.248. The van der Waals surface area contributed by atoms with E-state index < -0.39 is 0 Å². The molecule has 0 spiro atoms. The molecule has 6 heteroatoms. The maximum Gasteiger partial charge on any atom is 0.278 e. The maximum atomic E-state index is 13.6. The highest BCUT2D eigenvalue weighted by molar-refractivity contribution is 5.99. The van der Waals surface area contributed by atoms with Gasteiger partial charge in [0, 0.05) is 36.1 Å². The number of nitro groups is 1. The molecule has 4 rings (SSSR count). The number of anilines is 1. The first kappa shape index (κ1) is 15.5. The van der Waals surface area contributed by atoms with E-state index in [0.717, 1.165) is 36.0 Å². The van der Waals surface area contributed by atoms with Crippen LogP contribution in [0.3, 0.4) is 0 Å². The number of hydrogen-bond acceptors (Lipinski definition) is 4. The van der Waals surface area contributed by atoms with Crippen LogP contribution in [0.25, 0.3) is 10.8 Å². The van der Waals surface area contributed by atoms with Gasteiger partial charge in [0.2, 0.25) is 0 Å². The second kappa shape index (κ2) is 6.12. The molecule has 0 bridgehead atoms. The van der Waals surface area contributed by atoms with Gasteiger partial charge < -0.3 is 4.90 Å². The Kier molecular flexibility index (Phi) is 3.80. The SMILES string of the molecule is O=[N+]([O-])c1ccc(N2CCCC2c2cccc(F)c2)c2ccncc12. The first-order valence-electron chi connectivity index (χ1n) is 8.18. The number of hydrogen-bond donors (Lipinski definition) is 0. The second-order valence-electron chi connectivity index (χ2n) is 6.19. The van der Waals surface area contributed by atoms with Crippen LogP contribution in [-0.2, 0) is 0 Å². The molecule has 1 aliphatic heterocycles. The molecule has 5 nitrogen and oxygen atoms in total. The van der Waals surface area contributed by atoms with Crippen molar-refractivity contribution >= 4 is 22.1 Å². The summed E-state index contributed by atoms with van der Waals surface area (Å²) in [6.07, 6.45) is 5.09. The van der Waals surface area contributed by atoms with E-state index in [1.54, 1.807) is 30.5 Å². The fraction of sp³-hybridized carbons (Fsp3) is 0.211. The van der Waals surface area contributed by atoms with Gasteiger partial charge in [-0.15, -0.1) is 0 Å². The summed E-state index contributed by atoms with van der Waals surface area (Å²) in [6, 6.07) is 11.8. The molecule has 0 radical (unpaired) electrons. The molecule has 1 unspecified atom stereocenters. The minimum atomic E-state index is -0.387. The number of rotatable bonds is 3. The standard InChI is InChI=1S/C19H16FN3O2/c20-14-4-1-3-13(11-14)17-5-2-10-22(17)18-6-7-19(23(24)25)16-12-21-9-8-15(16)18/h1,3-4,6-9,11-12,17H,2,5,10H2. The average molecular weight is 337 g/mol. The highest BCUT2D eigenvalue weighted by atomic mass is 19.1. The number of pyridine rings is 1. The molecule has 1 atom stereocenters. The molecule has 1 aromatic heterocycles. The third-order valence-corrected chi connectivity index (χ3v) is 4.76. The second-order valence-corrected chi connectivity index (χ2v) is 6.19. The van der Waals surface area contributed by atoms with Crippen molar-refractivity contribution in [1.82, 2.24) is 4.98 Å². The van der Waals surface area contributed by atoms with E-state index in [4.69, 9.17) is 0 Å². The van der Waals surface area contributed by atoms with Crippen LogP contribution in [0.15, 0.2) is 54.9 Å². The fourth-order valence-electron chi connectivity index (χ4n) is 3.68. The zero-order valence-electron chi connectivity index (χ0n) is 13.4. The van der Waals surface area contributed by atoms with Crippen molar-refractivity contribution in [2.75, 3.05) is 11.4 Å². The van der Waals surface area contributed by atoms with E-state index in [-0.39, 0.29) is 22.5 Å². The van der Waals surface area contributed by atoms with Crippen molar-refractivity contribution in [1.29, 1.82) is 0 Å². The van der Waals surface area contributed by atoms with Gasteiger partial charge in [-0.1, -0.05) is 12.1 Å². The van der Waals surface area contributed by atoms with Gasteiger partial charge >= 0.3 is 0 Å². The quantitative estimate of drug-likeness (QED) is 0.517. The molecule has 0 saturated carbocycles. The Hall–Kier alpha value is -3.02. The minimum Gasteiger partial charge on any atom is -0.364 e. The number of benzene rings is 2. The zero-order chi connectivity index (χ0) is 17.4. The summed E-state index contributed by atoms with van der Waals surface area (Å²) in [4.78, 5) is 17.2. The Labute approximate surface area is 143 Å². The lowest BCUT2D eigenvalue weighted by Gasteiger charge is -2.28. The Morgan fingerprint density at radius 2 is 2.08 bits per heavy atom. The fourth-order valence-corrected chi connectivity index (χ4v) is 3.68. The van der Waals surface area contributed by atoms with E-state index in [1.165, 1.54) is 18.3 Å². The summed E-state index contributed by atoms with van der Waals surface area (Å²) in [7, 11) is 0. The van der Waals surface area contributed by atoms with E-state index in [0.29, 0.717) is 5.39 Å². The van der Waals surface area contributed by atoms with Crippen molar-refractivity contribution in [3.8, 4) is 0 Å². The highest BCUT2D eigenvalue weighted by Gasteiger charge is 2.28. The van der Waals surface area contributed by atoms with Gasteiger partial charge in [-0.2, -0.15) is 0 Å². The molecule has 126 valence electrons. The Morgan fingerprint density at radius 1 is 1.20 bits per heavy atom. The molecule has 3 aromatic rings. The van der Waals surface area contributed by atoms with E-state index >= 15 is 0 Å². The van der Waals surface area contributed by atoms with Crippen LogP contribution in [0.1, 0.15) is 24.4 Å². The van der Waals surface area contributed by atoms with Crippen molar-refractivity contribution < 1.29 is 9.31 Å². The van der Waals surface area contributed by atoms with Crippen LogP contribution in [0.4, 0.5) is 15.8 Å². The average Bonchev–Trinajstić information content (AvgIpc) is 3.10. The highest BCUT2D eigenvalue weighted by Crippen LogP contribution is 2.41. The van der Waals surface area contributed by atoms with E-state index in [9.17, 15) is 14.5 Å². The van der Waals surface area contributed by atoms with Gasteiger partial charge in [0.05, 0.1) is 16.4 Å². The van der Waals surface area contributed by atoms with Gasteiger partial charge in [0.25, 0.3) is 5.69 Å². The van der Waals surface area contributed by atoms with Crippen LogP contribution in [0.2, 0.25) is 0 Å². The number of aromatic nitrogens is 1. The van der Waals surface area contributed by atoms with Gasteiger partial charge in [-0.05, 0) is 42.7 Å². The monoisotopic (exact) mass is 337 g/mol. The molecule has 0 N–H and O–H groups in total. The first-order valence-corrected chi connectivity index (χ1v) is 8.18. The van der Waals surface area contributed by atoms with Crippen molar-refractivity contribution in [2.45, 2.75) is 18.9 Å². The van der Waals surface area contributed by atoms with Gasteiger partial charge in [-0.3, -0.25) is 15.1 Å². The number of halogens is 1. The van der Waals surface area contributed by atoms with Crippen molar-refractivity contribution in [3.63, 3.8) is 0 Å². The van der Waals surface area contributed by atoms with Gasteiger partial charge in [-0.25, -0.2) is 4.39 Å². The lowest BCUT2D eigenvalue weighted by Crippen LogP contribution is -2.22. The first-order chi connectivity index (χ1) is 12.1. The number of fused-ring (bicyclic) bond motifs is 1. The third kappa shape index (κ3) is 2.69. The Balaban J connectivity index is 1.84. The summed E-state index contributed by atoms with van der Waals surface area (Å²) in [5.41, 5.74) is 1.90. The summed E-state index contributed by atoms with van der Waals surface area (Å²) in [5, 5.41) is 12.6. The van der Waals surface area contributed by atoms with E-state index in [2.05, 4.69) is 9.88 Å². The van der Waals surface area contributed by atoms with Crippen LogP contribution < -0.4 is 4.90 Å². The zero-order valence-corrected chi connectivity index (χ0v) is 13.4. The summed E-state index contributed by atoms with van der Waals surface area (Å²) in [6.45, 7) is 0.830. The molecular weight excluding hydrogens is 321 g/mol. The molecule has 1 aliphatic rings. The van der Waals surface area contributed by atoms with Crippen molar-refractivity contribution in [3.05, 3.63) is 76.4 Å². The molecular formula is C19H16FN3O2. The summed E-state index contributed by atoms with van der Waals surface area (Å²) < 4.78 is 13.6. The number of nitro benzene ring substituents is 1. The van der Waals surface area contributed by atoms with Crippen LogP contribution in [-0.4, -0.2) is 16.5 Å². The lowest BCUT2D eigenvalue weighted by atomic mass is 10.0. The van der Waals surface area contributed by atoms with E-state index in [1.807, 2.05) is 6.07 Å². The Bertz CT molecular complexity index is 960. The predicted octanol–water partition coefficient (Wildman–Crippen LogP) is 4.62. The largest absolute Gasteiger partial charge is 0.364 e. The molecule has 25 heavy (non-hydrogen) atoms. The normalized spacial score (nSPS) is 17.2. The molecule has 0 amide bonds. The topological polar surface area (TPSA) is 59.3 Å². The van der Waals surface area contributed by atoms with Gasteiger partial charge in [0.15, 0.2) is 0 Å². The van der Waals surface area contributed by atoms with Crippen molar-refractivity contribution in [2.24, 2.45) is 0 Å². The van der Waals surface area contributed by atoms with Crippen LogP contribution >= 0.6 is 0 Å². The molecule has 1 saturated heterocycles. The molecule has 2 heterocycles. The van der Waals surface area contributed by atoms with Crippen LogP contribution in [0, 0.1) is 15.9 Å². The number of non-ortho nitro benzene ring substituents is 1. The van der Waals surface area contributed by atoms with Gasteiger partial charge in [0.1, 0.15) is 5.82 Å². The predicted molar refractivity (Wildman–Crippen MR) is 94.1 cm³/mol. The third-order valence-electron chi connectivity index (χ3n) is 4.76. The molecule has 0 aliphatic carbocycles. The maximum absolute atomic E-state index is 13.6. The lowest BCUT2D eigenvalue weighted by molar-refractivity contribution is -0.383. The molecule has 2 aromatic carbocycles. The molecule has 1 fully saturated rings. The minimum absolute atomic E-state index is 0.0494. The Morgan fingerprint density at radius 3 is 2.88 bits per heavy atom. The summed E-state index contributed by atoms with van der Waals surface area (Å²) >= 11 is 0. The van der Waals surface area contributed by atoms with Crippen LogP contribution in [0.5, 0.6) is 0 Å².